The van der Waals surface area contributed by atoms with Crippen molar-refractivity contribution in [2.75, 3.05) is 18.5 Å². The van der Waals surface area contributed by atoms with E-state index in [1.165, 1.54) is 24.3 Å². The molecule has 29 heavy (non-hydrogen) atoms. The Morgan fingerprint density at radius 1 is 1.07 bits per heavy atom. The van der Waals surface area contributed by atoms with Gasteiger partial charge in [-0.2, -0.15) is 0 Å². The number of hydrogen-bond donors (Lipinski definition) is 2. The lowest BCUT2D eigenvalue weighted by Crippen LogP contribution is -2.22. The van der Waals surface area contributed by atoms with Crippen LogP contribution in [0.5, 0.6) is 0 Å². The summed E-state index contributed by atoms with van der Waals surface area (Å²) in [6.45, 7) is 1.14. The van der Waals surface area contributed by atoms with Gasteiger partial charge in [0.1, 0.15) is 4.90 Å². The average molecular weight is 441 g/mol. The third-order valence-electron chi connectivity index (χ3n) is 3.50. The number of halogens is 1. The summed E-state index contributed by atoms with van der Waals surface area (Å²) < 4.78 is 32.7. The summed E-state index contributed by atoms with van der Waals surface area (Å²) in [5.74, 6) is -2.28. The van der Waals surface area contributed by atoms with Crippen molar-refractivity contribution in [3.05, 3.63) is 58.6 Å². The van der Waals surface area contributed by atoms with Crippen LogP contribution in [0, 0.1) is 0 Å². The fraction of sp³-hybridized carbons (Fsp3) is 0.167. The van der Waals surface area contributed by atoms with Crippen LogP contribution in [0.15, 0.2) is 47.4 Å². The first kappa shape index (κ1) is 22.3. The van der Waals surface area contributed by atoms with Gasteiger partial charge in [-0.3, -0.25) is 4.79 Å². The van der Waals surface area contributed by atoms with Crippen LogP contribution in [0.1, 0.15) is 27.6 Å². The van der Waals surface area contributed by atoms with Crippen molar-refractivity contribution < 1.29 is 32.3 Å². The molecular weight excluding hydrogens is 424 g/mol. The molecule has 0 aliphatic carbocycles. The van der Waals surface area contributed by atoms with Gasteiger partial charge in [-0.15, -0.1) is 0 Å². The summed E-state index contributed by atoms with van der Waals surface area (Å²) in [6, 6.07) is 9.53. The second-order valence-electron chi connectivity index (χ2n) is 5.58. The van der Waals surface area contributed by atoms with E-state index in [-0.39, 0.29) is 28.4 Å². The zero-order valence-electron chi connectivity index (χ0n) is 15.2. The number of carbonyl (C=O) groups is 3. The molecule has 0 aliphatic rings. The van der Waals surface area contributed by atoms with Gasteiger partial charge in [-0.1, -0.05) is 23.7 Å². The predicted octanol–water partition coefficient (Wildman–Crippen LogP) is 1.96. The fourth-order valence-electron chi connectivity index (χ4n) is 2.23. The Morgan fingerprint density at radius 3 is 2.41 bits per heavy atom. The van der Waals surface area contributed by atoms with Crippen molar-refractivity contribution in [3.63, 3.8) is 0 Å². The number of nitrogens with two attached hydrogens (primary N) is 1. The number of rotatable bonds is 7. The number of para-hydroxylation sites is 1. The average Bonchev–Trinajstić information content (AvgIpc) is 2.66. The molecule has 3 N–H and O–H groups in total. The highest BCUT2D eigenvalue weighted by atomic mass is 35.5. The first-order chi connectivity index (χ1) is 13.6. The zero-order chi connectivity index (χ0) is 21.6. The van der Waals surface area contributed by atoms with Gasteiger partial charge in [-0.25, -0.2) is 23.1 Å². The minimum Gasteiger partial charge on any atom is -0.462 e. The van der Waals surface area contributed by atoms with E-state index in [0.29, 0.717) is 0 Å². The summed E-state index contributed by atoms with van der Waals surface area (Å²) in [4.78, 5) is 35.6. The molecule has 0 radical (unpaired) electrons. The summed E-state index contributed by atoms with van der Waals surface area (Å²) in [5.41, 5.74) is 0.178. The highest BCUT2D eigenvalue weighted by Gasteiger charge is 2.19. The minimum atomic E-state index is -4.14. The molecule has 2 rings (SSSR count). The first-order valence-corrected chi connectivity index (χ1v) is 10.1. The Hall–Kier alpha value is -2.95. The molecule has 0 fully saturated rings. The Bertz CT molecular complexity index is 1050. The van der Waals surface area contributed by atoms with E-state index in [0.717, 1.165) is 6.07 Å². The second-order valence-corrected chi connectivity index (χ2v) is 7.52. The lowest BCUT2D eigenvalue weighted by molar-refractivity contribution is -0.119. The topological polar surface area (TPSA) is 142 Å². The van der Waals surface area contributed by atoms with Gasteiger partial charge >= 0.3 is 11.9 Å². The summed E-state index contributed by atoms with van der Waals surface area (Å²) in [5, 5.41) is 7.32. The van der Waals surface area contributed by atoms with Crippen LogP contribution in [0.3, 0.4) is 0 Å². The molecular formula is C18H17ClN2O7S. The van der Waals surface area contributed by atoms with Crippen LogP contribution in [0.25, 0.3) is 0 Å². The van der Waals surface area contributed by atoms with Gasteiger partial charge in [-0.05, 0) is 37.3 Å². The molecule has 0 aromatic heterocycles. The molecule has 0 bridgehead atoms. The molecule has 0 saturated carbocycles. The zero-order valence-corrected chi connectivity index (χ0v) is 16.7. The first-order valence-electron chi connectivity index (χ1n) is 8.19. The fourth-order valence-corrected chi connectivity index (χ4v) is 3.30. The third-order valence-corrected chi connectivity index (χ3v) is 4.90. The number of benzene rings is 2. The SMILES string of the molecule is CCOC(=O)c1ccccc1NC(=O)COC(=O)c1ccc(Cl)c(S(N)(=O)=O)c1. The maximum absolute atomic E-state index is 12.1. The Labute approximate surface area is 171 Å². The number of sulfonamides is 1. The van der Waals surface area contributed by atoms with Gasteiger partial charge in [0.2, 0.25) is 10.0 Å². The predicted molar refractivity (Wildman–Crippen MR) is 104 cm³/mol. The lowest BCUT2D eigenvalue weighted by atomic mass is 10.2. The molecule has 0 aliphatic heterocycles. The standard InChI is InChI=1S/C18H17ClN2O7S/c1-2-27-18(24)12-5-3-4-6-14(12)21-16(22)10-28-17(23)11-7-8-13(19)15(9-11)29(20,25)26/h3-9H,2,10H2,1H3,(H,21,22)(H2,20,25,26). The number of amides is 1. The monoisotopic (exact) mass is 440 g/mol. The van der Waals surface area contributed by atoms with Crippen LogP contribution in [0.2, 0.25) is 5.02 Å². The van der Waals surface area contributed by atoms with Crippen molar-refractivity contribution in [1.82, 2.24) is 0 Å². The molecule has 2 aromatic carbocycles. The molecule has 0 saturated heterocycles. The van der Waals surface area contributed by atoms with E-state index in [1.807, 2.05) is 0 Å². The molecule has 154 valence electrons. The molecule has 9 nitrogen and oxygen atoms in total. The number of anilines is 1. The number of hydrogen-bond acceptors (Lipinski definition) is 7. The van der Waals surface area contributed by atoms with Crippen LogP contribution in [0.4, 0.5) is 5.69 Å². The van der Waals surface area contributed by atoms with E-state index in [4.69, 9.17) is 26.2 Å². The molecule has 2 aromatic rings. The maximum Gasteiger partial charge on any atom is 0.340 e. The van der Waals surface area contributed by atoms with Crippen molar-refractivity contribution in [3.8, 4) is 0 Å². The van der Waals surface area contributed by atoms with Crippen LogP contribution >= 0.6 is 11.6 Å². The van der Waals surface area contributed by atoms with E-state index in [2.05, 4.69) is 5.32 Å². The Balaban J connectivity index is 2.05. The lowest BCUT2D eigenvalue weighted by Gasteiger charge is -2.11. The largest absolute Gasteiger partial charge is 0.462 e. The summed E-state index contributed by atoms with van der Waals surface area (Å²) in [7, 11) is -4.14. The quantitative estimate of drug-likeness (QED) is 0.626. The van der Waals surface area contributed by atoms with Crippen molar-refractivity contribution in [1.29, 1.82) is 0 Å². The minimum absolute atomic E-state index is 0.143. The molecule has 0 atom stereocenters. The van der Waals surface area contributed by atoms with Gasteiger partial charge < -0.3 is 14.8 Å². The molecule has 1 amide bonds. The number of primary sulfonamides is 1. The van der Waals surface area contributed by atoms with Crippen molar-refractivity contribution in [2.24, 2.45) is 5.14 Å². The summed E-state index contributed by atoms with van der Waals surface area (Å²) in [6.07, 6.45) is 0. The van der Waals surface area contributed by atoms with Gasteiger partial charge in [0, 0.05) is 0 Å². The Kier molecular flexibility index (Phi) is 7.32. The molecule has 0 spiro atoms. The van der Waals surface area contributed by atoms with Crippen molar-refractivity contribution >= 4 is 45.2 Å². The number of nitrogens with one attached hydrogen (secondary N) is 1. The molecule has 11 heteroatoms. The second kappa shape index (κ2) is 9.50. The van der Waals surface area contributed by atoms with Crippen LogP contribution in [-0.4, -0.2) is 39.5 Å². The van der Waals surface area contributed by atoms with Gasteiger partial charge in [0.05, 0.1) is 28.4 Å². The Morgan fingerprint density at radius 2 is 1.76 bits per heavy atom. The molecule has 0 unspecified atom stereocenters. The third kappa shape index (κ3) is 6.01. The van der Waals surface area contributed by atoms with E-state index in [9.17, 15) is 22.8 Å². The van der Waals surface area contributed by atoms with Crippen LogP contribution < -0.4 is 10.5 Å². The highest BCUT2D eigenvalue weighted by Crippen LogP contribution is 2.22. The normalized spacial score (nSPS) is 10.9. The van der Waals surface area contributed by atoms with E-state index < -0.39 is 39.4 Å². The van der Waals surface area contributed by atoms with Gasteiger partial charge in [0.25, 0.3) is 5.91 Å². The maximum atomic E-state index is 12.1. The number of esters is 2. The smallest absolute Gasteiger partial charge is 0.340 e. The van der Waals surface area contributed by atoms with E-state index in [1.54, 1.807) is 19.1 Å². The highest BCUT2D eigenvalue weighted by molar-refractivity contribution is 7.89. The molecule has 0 heterocycles. The van der Waals surface area contributed by atoms with Gasteiger partial charge in [0.15, 0.2) is 6.61 Å². The number of ether oxygens (including phenoxy) is 2. The van der Waals surface area contributed by atoms with Crippen molar-refractivity contribution in [2.45, 2.75) is 11.8 Å². The number of carbonyl (C=O) groups excluding carboxylic acids is 3. The van der Waals surface area contributed by atoms with E-state index >= 15 is 0 Å². The summed E-state index contributed by atoms with van der Waals surface area (Å²) >= 11 is 5.75. The van der Waals surface area contributed by atoms with Crippen LogP contribution in [-0.2, 0) is 24.3 Å².